The van der Waals surface area contributed by atoms with Gasteiger partial charge in [0.2, 0.25) is 11.8 Å². The molecule has 0 spiro atoms. The predicted octanol–water partition coefficient (Wildman–Crippen LogP) is 9.18. The zero-order chi connectivity index (χ0) is 39.6. The van der Waals surface area contributed by atoms with E-state index in [9.17, 15) is 14.7 Å². The normalized spacial score (nSPS) is 18.8. The van der Waals surface area contributed by atoms with Crippen LogP contribution in [0.25, 0.3) is 12.2 Å². The van der Waals surface area contributed by atoms with Crippen LogP contribution in [-0.2, 0) is 18.9 Å². The maximum Gasteiger partial charge on any atom is 0.360 e. The molecule has 1 aliphatic rings. The Balaban J connectivity index is 1.49. The molecule has 0 unspecified atom stereocenters. The van der Waals surface area contributed by atoms with Crippen molar-refractivity contribution >= 4 is 24.1 Å². The number of hydrogen-bond donors (Lipinski definition) is 1. The van der Waals surface area contributed by atoms with Crippen molar-refractivity contribution in [3.05, 3.63) is 121 Å². The first-order chi connectivity index (χ1) is 25.8. The fraction of sp³-hybridized carbons (Fsp3) is 0.442. The third-order valence-electron chi connectivity index (χ3n) is 8.80. The summed E-state index contributed by atoms with van der Waals surface area (Å²) in [5.41, 5.74) is -0.387. The highest BCUT2D eigenvalue weighted by atomic mass is 16.6. The van der Waals surface area contributed by atoms with Crippen LogP contribution in [0.3, 0.4) is 0 Å². The van der Waals surface area contributed by atoms with E-state index in [0.717, 1.165) is 6.42 Å². The highest BCUT2D eigenvalue weighted by Crippen LogP contribution is 2.33. The minimum Gasteiger partial charge on any atom is -0.495 e. The van der Waals surface area contributed by atoms with Crippen LogP contribution < -0.4 is 0 Å². The fourth-order valence-corrected chi connectivity index (χ4v) is 5.03. The van der Waals surface area contributed by atoms with Crippen LogP contribution >= 0.6 is 0 Å². The lowest BCUT2D eigenvalue weighted by atomic mass is 9.81. The Morgan fingerprint density at radius 3 is 2.04 bits per heavy atom. The summed E-state index contributed by atoms with van der Waals surface area (Å²) < 4.78 is 32.8. The van der Waals surface area contributed by atoms with Crippen molar-refractivity contribution in [3.63, 3.8) is 0 Å². The first-order valence-corrected chi connectivity index (χ1v) is 18.2. The van der Waals surface area contributed by atoms with Crippen LogP contribution in [0, 0.1) is 10.8 Å². The largest absolute Gasteiger partial charge is 0.495 e. The second kappa shape index (κ2) is 21.6. The molecule has 1 saturated heterocycles. The van der Waals surface area contributed by atoms with Gasteiger partial charge in [0.05, 0.1) is 19.5 Å². The number of oxazole rings is 2. The summed E-state index contributed by atoms with van der Waals surface area (Å²) in [5.74, 6) is -0.571. The number of aliphatic hydroxyl groups is 1. The molecule has 11 nitrogen and oxygen atoms in total. The molecule has 5 atom stereocenters. The van der Waals surface area contributed by atoms with Gasteiger partial charge < -0.3 is 32.9 Å². The van der Waals surface area contributed by atoms with E-state index >= 15 is 0 Å². The number of esters is 2. The third-order valence-corrected chi connectivity index (χ3v) is 8.80. The van der Waals surface area contributed by atoms with Gasteiger partial charge in [-0.05, 0) is 57.6 Å². The number of carbonyl (C=O) groups excluding carboxylic acids is 2. The number of hydrogen-bond acceptors (Lipinski definition) is 11. The Morgan fingerprint density at radius 2 is 1.41 bits per heavy atom. The molecule has 1 aliphatic heterocycles. The average Bonchev–Trinajstić information content (AvgIpc) is 3.47. The van der Waals surface area contributed by atoms with E-state index in [1.165, 1.54) is 19.6 Å². The van der Waals surface area contributed by atoms with E-state index in [4.69, 9.17) is 23.0 Å². The molecular formula is C43H56N2O9. The second-order valence-electron chi connectivity index (χ2n) is 14.2. The lowest BCUT2D eigenvalue weighted by Crippen LogP contribution is -2.33. The minimum absolute atomic E-state index is 0.0851. The molecular weight excluding hydrogens is 688 g/mol. The Kier molecular flexibility index (Phi) is 17.4. The number of rotatable bonds is 22. The maximum atomic E-state index is 13.2. The molecule has 0 radical (unpaired) electrons. The van der Waals surface area contributed by atoms with Crippen LogP contribution in [0.15, 0.2) is 107 Å². The molecule has 2 aromatic rings. The highest BCUT2D eigenvalue weighted by molar-refractivity contribution is 5.87. The van der Waals surface area contributed by atoms with E-state index in [-0.39, 0.29) is 52.3 Å². The first-order valence-electron chi connectivity index (χ1n) is 18.2. The van der Waals surface area contributed by atoms with Crippen molar-refractivity contribution in [1.29, 1.82) is 0 Å². The van der Waals surface area contributed by atoms with Crippen LogP contribution in [0.4, 0.5) is 0 Å². The fourth-order valence-electron chi connectivity index (χ4n) is 5.03. The van der Waals surface area contributed by atoms with Crippen molar-refractivity contribution in [1.82, 2.24) is 9.97 Å². The Hall–Kier alpha value is -5.00. The van der Waals surface area contributed by atoms with Gasteiger partial charge >= 0.3 is 11.9 Å². The summed E-state index contributed by atoms with van der Waals surface area (Å²) in [4.78, 5) is 33.1. The number of allylic oxidation sites excluding steroid dienone is 8. The molecule has 11 heteroatoms. The lowest BCUT2D eigenvalue weighted by Gasteiger charge is -2.32. The van der Waals surface area contributed by atoms with Gasteiger partial charge in [-0.2, -0.15) is 0 Å². The molecule has 292 valence electrons. The predicted molar refractivity (Wildman–Crippen MR) is 209 cm³/mol. The van der Waals surface area contributed by atoms with E-state index in [1.807, 2.05) is 89.3 Å². The van der Waals surface area contributed by atoms with E-state index < -0.39 is 24.1 Å². The van der Waals surface area contributed by atoms with Crippen LogP contribution in [0.5, 0.6) is 0 Å². The Morgan fingerprint density at radius 1 is 0.815 bits per heavy atom. The summed E-state index contributed by atoms with van der Waals surface area (Å²) in [6.07, 6.45) is 33.5. The summed E-state index contributed by atoms with van der Waals surface area (Å²) in [6, 6.07) is 0. The smallest absolute Gasteiger partial charge is 0.360 e. The monoisotopic (exact) mass is 744 g/mol. The van der Waals surface area contributed by atoms with Gasteiger partial charge in [0.1, 0.15) is 36.9 Å². The molecule has 3 heterocycles. The molecule has 0 aromatic carbocycles. The van der Waals surface area contributed by atoms with Crippen molar-refractivity contribution < 1.29 is 42.5 Å². The Bertz CT molecular complexity index is 1720. The van der Waals surface area contributed by atoms with Gasteiger partial charge in [0.15, 0.2) is 11.4 Å². The summed E-state index contributed by atoms with van der Waals surface area (Å²) in [6.45, 7) is 14.1. The summed E-state index contributed by atoms with van der Waals surface area (Å²) >= 11 is 0. The van der Waals surface area contributed by atoms with Gasteiger partial charge in [-0.1, -0.05) is 94.5 Å². The van der Waals surface area contributed by atoms with Crippen LogP contribution in [-0.4, -0.2) is 64.6 Å². The molecule has 0 amide bonds. The van der Waals surface area contributed by atoms with Gasteiger partial charge in [0, 0.05) is 24.0 Å². The minimum atomic E-state index is -0.565. The molecule has 54 heavy (non-hydrogen) atoms. The molecule has 1 fully saturated rings. The van der Waals surface area contributed by atoms with Gasteiger partial charge in [-0.3, -0.25) is 0 Å². The van der Waals surface area contributed by atoms with Crippen LogP contribution in [0.2, 0.25) is 0 Å². The number of ether oxygens (including phenoxy) is 4. The number of carbonyl (C=O) groups is 2. The molecule has 3 rings (SSSR count). The third kappa shape index (κ3) is 14.8. The van der Waals surface area contributed by atoms with Gasteiger partial charge in [0.25, 0.3) is 0 Å². The molecule has 0 aliphatic carbocycles. The van der Waals surface area contributed by atoms with E-state index in [2.05, 4.69) is 40.7 Å². The SMILES string of the molecule is C/C=C/CC(C)(C)[C@H](C/C=C\[C@H]1O[C@H]1/C=C/C=C\c1nc(C(=O)OC)co1)OC(=O)c1coc(/C=C\C=C\[C@H](C)O/C=C\C[C@H](O)C(C)(C)C/C=C/C)n1. The van der Waals surface area contributed by atoms with Crippen LogP contribution in [0.1, 0.15) is 107 Å². The Labute approximate surface area is 319 Å². The zero-order valence-corrected chi connectivity index (χ0v) is 32.7. The number of epoxide rings is 1. The number of aromatic nitrogens is 2. The van der Waals surface area contributed by atoms with Crippen molar-refractivity contribution in [3.8, 4) is 0 Å². The topological polar surface area (TPSA) is 147 Å². The molecule has 1 N–H and O–H groups in total. The lowest BCUT2D eigenvalue weighted by molar-refractivity contribution is -0.00640. The van der Waals surface area contributed by atoms with Crippen molar-refractivity contribution in [2.45, 2.75) is 105 Å². The number of aliphatic hydroxyl groups excluding tert-OH is 1. The molecule has 0 saturated carbocycles. The summed E-state index contributed by atoms with van der Waals surface area (Å²) in [5, 5.41) is 10.5. The van der Waals surface area contributed by atoms with Gasteiger partial charge in [-0.15, -0.1) is 0 Å². The maximum absolute atomic E-state index is 13.2. The zero-order valence-electron chi connectivity index (χ0n) is 32.7. The standard InChI is InChI=1S/C43H56N2O9/c1-9-11-26-42(4,5)36(46)22-18-28-50-31(3)19-13-15-24-39-45-33(30-52-39)41(48)54-37(43(6,7)27-12-10-2)23-17-21-35-34(53-35)20-14-16-25-38-44-32(29-51-38)40(47)49-8/h9-21,24-25,28-31,34-37,46H,22-23,26-27H2,1-8H3/b11-9+,12-10+,19-13+,20-14+,21-17-,24-15-,25-16-,28-18-/t31-,34-,35+,36-,37-/m0/s1. The van der Waals surface area contributed by atoms with E-state index in [0.29, 0.717) is 19.3 Å². The van der Waals surface area contributed by atoms with E-state index in [1.54, 1.807) is 30.6 Å². The second-order valence-corrected chi connectivity index (χ2v) is 14.2. The quantitative estimate of drug-likeness (QED) is 0.0405. The highest BCUT2D eigenvalue weighted by Gasteiger charge is 2.35. The van der Waals surface area contributed by atoms with Crippen molar-refractivity contribution in [2.75, 3.05) is 7.11 Å². The van der Waals surface area contributed by atoms with Crippen molar-refractivity contribution in [2.24, 2.45) is 10.8 Å². The number of methoxy groups -OCH3 is 1. The first kappa shape index (κ1) is 43.4. The summed E-state index contributed by atoms with van der Waals surface area (Å²) in [7, 11) is 1.28. The molecule has 2 aromatic heterocycles. The van der Waals surface area contributed by atoms with Gasteiger partial charge in [-0.25, -0.2) is 19.6 Å². The average molecular weight is 745 g/mol. The number of nitrogens with zero attached hydrogens (tertiary/aromatic N) is 2. The molecule has 0 bridgehead atoms.